The number of likely N-dealkylation sites (tertiary alicyclic amines) is 1. The number of pyridine rings is 1. The molecule has 1 saturated carbocycles. The highest BCUT2D eigenvalue weighted by Crippen LogP contribution is 2.44. The van der Waals surface area contributed by atoms with Gasteiger partial charge in [0, 0.05) is 31.9 Å². The van der Waals surface area contributed by atoms with E-state index in [1.807, 2.05) is 4.90 Å². The molecule has 1 aromatic heterocycles. The maximum atomic E-state index is 14.0. The van der Waals surface area contributed by atoms with Gasteiger partial charge in [0.25, 0.3) is 0 Å². The van der Waals surface area contributed by atoms with Crippen molar-refractivity contribution in [3.63, 3.8) is 0 Å². The van der Waals surface area contributed by atoms with E-state index >= 15 is 0 Å². The number of hydrogen-bond donors (Lipinski definition) is 2. The lowest BCUT2D eigenvalue weighted by Crippen LogP contribution is -2.34. The predicted octanol–water partition coefficient (Wildman–Crippen LogP) is 4.70. The molecule has 0 bridgehead atoms. The van der Waals surface area contributed by atoms with Gasteiger partial charge in [-0.05, 0) is 92.2 Å². The Hall–Kier alpha value is -2.51. The van der Waals surface area contributed by atoms with Crippen molar-refractivity contribution in [3.05, 3.63) is 58.5 Å². The zero-order chi connectivity index (χ0) is 23.5. The lowest BCUT2D eigenvalue weighted by Gasteiger charge is -2.26. The van der Waals surface area contributed by atoms with Crippen LogP contribution in [0.25, 0.3) is 0 Å². The number of aromatic nitrogens is 1. The van der Waals surface area contributed by atoms with E-state index in [1.54, 1.807) is 6.07 Å². The number of hydrogen-bond acceptors (Lipinski definition) is 5. The van der Waals surface area contributed by atoms with Crippen LogP contribution in [0.15, 0.2) is 30.3 Å². The summed E-state index contributed by atoms with van der Waals surface area (Å²) in [5.41, 5.74) is 4.03. The fourth-order valence-corrected chi connectivity index (χ4v) is 5.33. The van der Waals surface area contributed by atoms with Gasteiger partial charge in [-0.2, -0.15) is 0 Å². The molecule has 2 N–H and O–H groups in total. The number of carbonyl (C=O) groups is 1. The number of aryl methyl sites for hydroxylation is 2. The molecule has 0 radical (unpaired) electrons. The molecule has 2 fully saturated rings. The number of nitrogens with zero attached hydrogens (tertiary/aromatic N) is 2. The Labute approximate surface area is 200 Å². The van der Waals surface area contributed by atoms with Crippen molar-refractivity contribution in [2.75, 3.05) is 31.6 Å². The van der Waals surface area contributed by atoms with Crippen LogP contribution >= 0.6 is 0 Å². The lowest BCUT2D eigenvalue weighted by molar-refractivity contribution is -0.143. The zero-order valence-corrected chi connectivity index (χ0v) is 19.6. The highest BCUT2D eigenvalue weighted by Gasteiger charge is 2.37. The SMILES string of the molecule is O=C(O)[C@H](c1cc(F)ccc1C1CC1)N1CC[C@@H](OCCCCc2ccc3c(n2)NCCC3)C1. The Balaban J connectivity index is 1.10. The second-order valence-electron chi connectivity index (χ2n) is 9.86. The molecule has 3 heterocycles. The Kier molecular flexibility index (Phi) is 7.11. The van der Waals surface area contributed by atoms with Crippen LogP contribution in [-0.4, -0.2) is 53.3 Å². The van der Waals surface area contributed by atoms with Crippen molar-refractivity contribution in [1.29, 1.82) is 0 Å². The van der Waals surface area contributed by atoms with Crippen LogP contribution in [0.2, 0.25) is 0 Å². The quantitative estimate of drug-likeness (QED) is 0.494. The van der Waals surface area contributed by atoms with Crippen LogP contribution in [0.4, 0.5) is 10.2 Å². The molecule has 3 aliphatic rings. The van der Waals surface area contributed by atoms with E-state index in [0.717, 1.165) is 68.6 Å². The van der Waals surface area contributed by atoms with Crippen molar-refractivity contribution >= 4 is 11.8 Å². The van der Waals surface area contributed by atoms with E-state index in [1.165, 1.54) is 24.1 Å². The molecule has 34 heavy (non-hydrogen) atoms. The minimum absolute atomic E-state index is 0.0193. The van der Waals surface area contributed by atoms with Gasteiger partial charge in [0.2, 0.25) is 0 Å². The van der Waals surface area contributed by atoms with E-state index < -0.39 is 12.0 Å². The van der Waals surface area contributed by atoms with Gasteiger partial charge in [0.05, 0.1) is 6.10 Å². The van der Waals surface area contributed by atoms with Crippen molar-refractivity contribution in [2.45, 2.75) is 69.4 Å². The van der Waals surface area contributed by atoms with Gasteiger partial charge in [-0.15, -0.1) is 0 Å². The maximum Gasteiger partial charge on any atom is 0.325 e. The number of benzene rings is 1. The third-order valence-corrected chi connectivity index (χ3v) is 7.27. The number of nitrogens with one attached hydrogen (secondary N) is 1. The Morgan fingerprint density at radius 3 is 2.94 bits per heavy atom. The predicted molar refractivity (Wildman–Crippen MR) is 129 cm³/mol. The number of fused-ring (bicyclic) bond motifs is 1. The van der Waals surface area contributed by atoms with Gasteiger partial charge in [-0.3, -0.25) is 9.69 Å². The van der Waals surface area contributed by atoms with Gasteiger partial charge < -0.3 is 15.2 Å². The summed E-state index contributed by atoms with van der Waals surface area (Å²) in [6.45, 7) is 2.87. The standard InChI is InChI=1S/C27H34FN3O3/c28-20-9-11-23(18-6-7-18)24(16-20)25(27(32)33)31-14-12-22(17-31)34-15-2-1-5-21-10-8-19-4-3-13-29-26(19)30-21/h8-11,16,18,22,25H,1-7,12-15,17H2,(H,29,30)(H,32,33)/t22-,25+/m1/s1. The molecule has 1 aromatic carbocycles. The summed E-state index contributed by atoms with van der Waals surface area (Å²) in [5.74, 6) is 0.122. The molecular formula is C27H34FN3O3. The van der Waals surface area contributed by atoms with Crippen LogP contribution in [0.1, 0.15) is 72.9 Å². The van der Waals surface area contributed by atoms with E-state index in [2.05, 4.69) is 17.4 Å². The lowest BCUT2D eigenvalue weighted by atomic mass is 9.96. The first-order valence-corrected chi connectivity index (χ1v) is 12.7. The van der Waals surface area contributed by atoms with Crippen molar-refractivity contribution in [3.8, 4) is 0 Å². The maximum absolute atomic E-state index is 14.0. The molecular weight excluding hydrogens is 433 g/mol. The number of rotatable bonds is 10. The van der Waals surface area contributed by atoms with Gasteiger partial charge in [0.1, 0.15) is 17.7 Å². The highest BCUT2D eigenvalue weighted by molar-refractivity contribution is 5.76. The Morgan fingerprint density at radius 1 is 1.24 bits per heavy atom. The van der Waals surface area contributed by atoms with Crippen LogP contribution < -0.4 is 5.32 Å². The van der Waals surface area contributed by atoms with E-state index in [4.69, 9.17) is 9.72 Å². The summed E-state index contributed by atoms with van der Waals surface area (Å²) in [5, 5.41) is 13.4. The molecule has 6 nitrogen and oxygen atoms in total. The minimum atomic E-state index is -0.916. The Morgan fingerprint density at radius 2 is 2.12 bits per heavy atom. The summed E-state index contributed by atoms with van der Waals surface area (Å²) in [7, 11) is 0. The van der Waals surface area contributed by atoms with E-state index in [0.29, 0.717) is 31.2 Å². The van der Waals surface area contributed by atoms with Gasteiger partial charge in [-0.25, -0.2) is 9.37 Å². The average Bonchev–Trinajstić information content (AvgIpc) is 3.57. The first-order valence-electron chi connectivity index (χ1n) is 12.7. The average molecular weight is 468 g/mol. The van der Waals surface area contributed by atoms with Gasteiger partial charge in [0.15, 0.2) is 0 Å². The smallest absolute Gasteiger partial charge is 0.325 e. The first kappa shape index (κ1) is 23.2. The molecule has 2 aliphatic heterocycles. The number of anilines is 1. The molecule has 5 rings (SSSR count). The van der Waals surface area contributed by atoms with Crippen LogP contribution in [-0.2, 0) is 22.4 Å². The van der Waals surface area contributed by atoms with E-state index in [9.17, 15) is 14.3 Å². The molecule has 0 spiro atoms. The number of unbranched alkanes of at least 4 members (excludes halogenated alkanes) is 1. The number of halogens is 1. The molecule has 7 heteroatoms. The largest absolute Gasteiger partial charge is 0.480 e. The van der Waals surface area contributed by atoms with Crippen molar-refractivity contribution in [2.24, 2.45) is 0 Å². The molecule has 0 amide bonds. The second-order valence-corrected chi connectivity index (χ2v) is 9.86. The third kappa shape index (κ3) is 5.41. The highest BCUT2D eigenvalue weighted by atomic mass is 19.1. The number of ether oxygens (including phenoxy) is 1. The topological polar surface area (TPSA) is 74.7 Å². The molecule has 1 aliphatic carbocycles. The van der Waals surface area contributed by atoms with E-state index in [-0.39, 0.29) is 11.9 Å². The molecule has 2 aromatic rings. The molecule has 1 saturated heterocycles. The van der Waals surface area contributed by atoms with Gasteiger partial charge >= 0.3 is 5.97 Å². The fourth-order valence-electron chi connectivity index (χ4n) is 5.33. The summed E-state index contributed by atoms with van der Waals surface area (Å²) in [4.78, 5) is 18.9. The first-order chi connectivity index (χ1) is 16.6. The summed E-state index contributed by atoms with van der Waals surface area (Å²) < 4.78 is 20.1. The zero-order valence-electron chi connectivity index (χ0n) is 19.6. The summed E-state index contributed by atoms with van der Waals surface area (Å²) in [6.07, 6.45) is 8.07. The minimum Gasteiger partial charge on any atom is -0.480 e. The van der Waals surface area contributed by atoms with Crippen molar-refractivity contribution < 1.29 is 19.0 Å². The van der Waals surface area contributed by atoms with Crippen LogP contribution in [0, 0.1) is 5.82 Å². The second kappa shape index (κ2) is 10.4. The Bertz CT molecular complexity index is 1030. The molecule has 182 valence electrons. The monoisotopic (exact) mass is 467 g/mol. The third-order valence-electron chi connectivity index (χ3n) is 7.27. The fraction of sp³-hybridized carbons (Fsp3) is 0.556. The number of carboxylic acid groups (broad SMARTS) is 1. The summed E-state index contributed by atoms with van der Waals surface area (Å²) >= 11 is 0. The van der Waals surface area contributed by atoms with Crippen LogP contribution in [0.5, 0.6) is 0 Å². The normalized spacial score (nSPS) is 21.1. The van der Waals surface area contributed by atoms with Crippen molar-refractivity contribution in [1.82, 2.24) is 9.88 Å². The number of aliphatic carboxylic acids is 1. The summed E-state index contributed by atoms with van der Waals surface area (Å²) in [6, 6.07) is 8.15. The number of carboxylic acids is 1. The van der Waals surface area contributed by atoms with Crippen LogP contribution in [0.3, 0.4) is 0 Å². The molecule has 2 atom stereocenters. The molecule has 0 unspecified atom stereocenters. The van der Waals surface area contributed by atoms with Gasteiger partial charge in [-0.1, -0.05) is 12.1 Å².